The maximum Gasteiger partial charge on any atom is 0.316 e. The van der Waals surface area contributed by atoms with Crippen LogP contribution < -0.4 is 9.47 Å². The number of ether oxygens (including phenoxy) is 2. The van der Waals surface area contributed by atoms with Gasteiger partial charge in [-0.1, -0.05) is 35.9 Å². The Balaban J connectivity index is 1.56. The molecular formula is C23H18O4S. The molecule has 0 fully saturated rings. The molecule has 3 aromatic rings. The summed E-state index contributed by atoms with van der Waals surface area (Å²) in [5.41, 5.74) is 3.16. The van der Waals surface area contributed by atoms with Crippen molar-refractivity contribution in [3.05, 3.63) is 86.8 Å². The maximum absolute atomic E-state index is 12.7. The summed E-state index contributed by atoms with van der Waals surface area (Å²) in [7, 11) is 0. The standard InChI is InChI=1S/C23H18O4S/c1-14-5-7-16(8-6-14)12-20-22(25)18-9-10-19(15(2)23(18)27-20)26-21(24)13-17-4-3-11-28-17/h3-12H,13H2,1-2H3/b20-12-. The lowest BCUT2D eigenvalue weighted by Gasteiger charge is -2.09. The van der Waals surface area contributed by atoms with Gasteiger partial charge in [-0.05, 0) is 49.1 Å². The zero-order chi connectivity index (χ0) is 19.7. The second-order valence-corrected chi connectivity index (χ2v) is 7.68. The van der Waals surface area contributed by atoms with Gasteiger partial charge in [0.1, 0.15) is 11.5 Å². The number of rotatable bonds is 4. The van der Waals surface area contributed by atoms with E-state index in [0.29, 0.717) is 22.6 Å². The Hall–Kier alpha value is -3.18. The Morgan fingerprint density at radius 3 is 2.61 bits per heavy atom. The molecule has 1 aliphatic heterocycles. The fourth-order valence-corrected chi connectivity index (χ4v) is 3.70. The molecule has 1 aliphatic rings. The van der Waals surface area contributed by atoms with Crippen LogP contribution in [0.25, 0.3) is 6.08 Å². The van der Waals surface area contributed by atoms with Gasteiger partial charge in [0, 0.05) is 10.4 Å². The SMILES string of the molecule is Cc1ccc(/C=C2\Oc3c(ccc(OC(=O)Cc4cccs4)c3C)C2=O)cc1. The summed E-state index contributed by atoms with van der Waals surface area (Å²) in [6, 6.07) is 14.9. The number of hydrogen-bond donors (Lipinski definition) is 0. The van der Waals surface area contributed by atoms with Crippen LogP contribution in [0.5, 0.6) is 11.5 Å². The molecule has 1 aromatic heterocycles. The van der Waals surface area contributed by atoms with Crippen molar-refractivity contribution >= 4 is 29.2 Å². The van der Waals surface area contributed by atoms with Crippen molar-refractivity contribution < 1.29 is 19.1 Å². The van der Waals surface area contributed by atoms with E-state index >= 15 is 0 Å². The lowest BCUT2D eigenvalue weighted by atomic mass is 10.1. The van der Waals surface area contributed by atoms with Crippen LogP contribution in [0.3, 0.4) is 0 Å². The van der Waals surface area contributed by atoms with Crippen LogP contribution >= 0.6 is 11.3 Å². The van der Waals surface area contributed by atoms with Crippen LogP contribution in [-0.4, -0.2) is 11.8 Å². The summed E-state index contributed by atoms with van der Waals surface area (Å²) in [6.07, 6.45) is 1.94. The van der Waals surface area contributed by atoms with E-state index < -0.39 is 0 Å². The minimum atomic E-state index is -0.342. The highest BCUT2D eigenvalue weighted by molar-refractivity contribution is 7.10. The monoisotopic (exact) mass is 390 g/mol. The molecule has 0 saturated carbocycles. The average Bonchev–Trinajstić information content (AvgIpc) is 3.28. The molecule has 2 aromatic carbocycles. The topological polar surface area (TPSA) is 52.6 Å². The summed E-state index contributed by atoms with van der Waals surface area (Å²) >= 11 is 1.51. The third kappa shape index (κ3) is 3.62. The molecular weight excluding hydrogens is 372 g/mol. The van der Waals surface area contributed by atoms with E-state index in [2.05, 4.69) is 0 Å². The van der Waals surface area contributed by atoms with E-state index in [1.165, 1.54) is 11.3 Å². The third-order valence-electron chi connectivity index (χ3n) is 4.53. The third-order valence-corrected chi connectivity index (χ3v) is 5.41. The summed E-state index contributed by atoms with van der Waals surface area (Å²) in [5.74, 6) is 0.610. The van der Waals surface area contributed by atoms with Gasteiger partial charge in [0.05, 0.1) is 12.0 Å². The lowest BCUT2D eigenvalue weighted by molar-refractivity contribution is -0.133. The minimum Gasteiger partial charge on any atom is -0.452 e. The van der Waals surface area contributed by atoms with Crippen LogP contribution in [0.4, 0.5) is 0 Å². The normalized spacial score (nSPS) is 14.1. The molecule has 0 aliphatic carbocycles. The number of aryl methyl sites for hydroxylation is 1. The summed E-state index contributed by atoms with van der Waals surface area (Å²) < 4.78 is 11.3. The second-order valence-electron chi connectivity index (χ2n) is 6.65. The molecule has 0 spiro atoms. The zero-order valence-corrected chi connectivity index (χ0v) is 16.3. The molecule has 4 nitrogen and oxygen atoms in total. The van der Waals surface area contributed by atoms with Crippen LogP contribution in [0.1, 0.15) is 31.9 Å². The fraction of sp³-hybridized carbons (Fsp3) is 0.130. The van der Waals surface area contributed by atoms with E-state index in [0.717, 1.165) is 16.0 Å². The van der Waals surface area contributed by atoms with Gasteiger partial charge in [-0.15, -0.1) is 11.3 Å². The number of carbonyl (C=O) groups is 2. The van der Waals surface area contributed by atoms with Gasteiger partial charge in [-0.2, -0.15) is 0 Å². The first-order chi connectivity index (χ1) is 13.5. The molecule has 0 unspecified atom stereocenters. The van der Waals surface area contributed by atoms with Crippen molar-refractivity contribution in [3.63, 3.8) is 0 Å². The van der Waals surface area contributed by atoms with Gasteiger partial charge in [-0.3, -0.25) is 9.59 Å². The van der Waals surface area contributed by atoms with Crippen molar-refractivity contribution in [2.45, 2.75) is 20.3 Å². The predicted molar refractivity (Wildman–Crippen MR) is 109 cm³/mol. The van der Waals surface area contributed by atoms with E-state index in [1.54, 1.807) is 25.1 Å². The summed E-state index contributed by atoms with van der Waals surface area (Å²) in [4.78, 5) is 25.8. The molecule has 28 heavy (non-hydrogen) atoms. The number of carbonyl (C=O) groups excluding carboxylic acids is 2. The molecule has 0 saturated heterocycles. The minimum absolute atomic E-state index is 0.171. The second kappa shape index (κ2) is 7.44. The van der Waals surface area contributed by atoms with E-state index in [9.17, 15) is 9.59 Å². The highest BCUT2D eigenvalue weighted by atomic mass is 32.1. The number of allylic oxidation sites excluding steroid dienone is 1. The zero-order valence-electron chi connectivity index (χ0n) is 15.5. The van der Waals surface area contributed by atoms with E-state index in [1.807, 2.05) is 48.7 Å². The molecule has 0 N–H and O–H groups in total. The Kier molecular flexibility index (Phi) is 4.84. The fourth-order valence-electron chi connectivity index (χ4n) is 3.01. The van der Waals surface area contributed by atoms with Crippen molar-refractivity contribution in [1.82, 2.24) is 0 Å². The number of thiophene rings is 1. The Labute approximate surface area is 167 Å². The predicted octanol–water partition coefficient (Wildman–Crippen LogP) is 5.13. The van der Waals surface area contributed by atoms with Crippen molar-refractivity contribution in [3.8, 4) is 11.5 Å². The first kappa shape index (κ1) is 18.2. The molecule has 2 heterocycles. The Morgan fingerprint density at radius 1 is 1.11 bits per heavy atom. The van der Waals surface area contributed by atoms with Gasteiger partial charge in [-0.25, -0.2) is 0 Å². The molecule has 4 rings (SSSR count). The van der Waals surface area contributed by atoms with Crippen molar-refractivity contribution in [1.29, 1.82) is 0 Å². The van der Waals surface area contributed by atoms with Crippen LogP contribution in [-0.2, 0) is 11.2 Å². The summed E-state index contributed by atoms with van der Waals surface area (Å²) in [6.45, 7) is 3.79. The molecule has 140 valence electrons. The van der Waals surface area contributed by atoms with Crippen molar-refractivity contribution in [2.75, 3.05) is 0 Å². The number of benzene rings is 2. The largest absolute Gasteiger partial charge is 0.452 e. The van der Waals surface area contributed by atoms with Crippen LogP contribution in [0, 0.1) is 13.8 Å². The van der Waals surface area contributed by atoms with Crippen molar-refractivity contribution in [2.24, 2.45) is 0 Å². The molecule has 5 heteroatoms. The average molecular weight is 390 g/mol. The number of hydrogen-bond acceptors (Lipinski definition) is 5. The number of Topliss-reactive ketones (excluding diaryl/α,β-unsaturated/α-hetero) is 1. The van der Waals surface area contributed by atoms with Gasteiger partial charge in [0.25, 0.3) is 0 Å². The van der Waals surface area contributed by atoms with Gasteiger partial charge in [0.15, 0.2) is 5.76 Å². The highest BCUT2D eigenvalue weighted by Crippen LogP contribution is 2.39. The van der Waals surface area contributed by atoms with Gasteiger partial charge in [0.2, 0.25) is 5.78 Å². The van der Waals surface area contributed by atoms with Gasteiger partial charge < -0.3 is 9.47 Å². The van der Waals surface area contributed by atoms with E-state index in [4.69, 9.17) is 9.47 Å². The lowest BCUT2D eigenvalue weighted by Crippen LogP contribution is -2.11. The molecule has 0 radical (unpaired) electrons. The Morgan fingerprint density at radius 2 is 1.89 bits per heavy atom. The molecule has 0 atom stereocenters. The summed E-state index contributed by atoms with van der Waals surface area (Å²) in [5, 5.41) is 1.92. The molecule has 0 amide bonds. The Bertz CT molecular complexity index is 1080. The molecule has 0 bridgehead atoms. The number of ketones is 1. The van der Waals surface area contributed by atoms with Crippen LogP contribution in [0.15, 0.2) is 59.7 Å². The van der Waals surface area contributed by atoms with Gasteiger partial charge >= 0.3 is 5.97 Å². The quantitative estimate of drug-likeness (QED) is 0.352. The number of fused-ring (bicyclic) bond motifs is 1. The van der Waals surface area contributed by atoms with Crippen LogP contribution in [0.2, 0.25) is 0 Å². The maximum atomic E-state index is 12.7. The number of esters is 1. The van der Waals surface area contributed by atoms with E-state index in [-0.39, 0.29) is 23.9 Å². The first-order valence-corrected chi connectivity index (χ1v) is 9.77. The smallest absolute Gasteiger partial charge is 0.316 e. The first-order valence-electron chi connectivity index (χ1n) is 8.89. The highest BCUT2D eigenvalue weighted by Gasteiger charge is 2.30.